The van der Waals surface area contributed by atoms with Gasteiger partial charge in [-0.15, -0.1) is 0 Å². The lowest BCUT2D eigenvalue weighted by Gasteiger charge is -2.29. The molecule has 1 heterocycles. The van der Waals surface area contributed by atoms with E-state index in [1.54, 1.807) is 4.90 Å². The Morgan fingerprint density at radius 1 is 0.808 bits per heavy atom. The van der Waals surface area contributed by atoms with Crippen molar-refractivity contribution in [1.29, 1.82) is 0 Å². The first-order chi connectivity index (χ1) is 12.8. The second-order valence-electron chi connectivity index (χ2n) is 7.28. The SMILES string of the molecule is O=C(C[NH+]1CC[NH+](Cc2ccccc2)CC1)NCCCc1ccccc1. The van der Waals surface area contributed by atoms with Crippen LogP contribution in [-0.2, 0) is 17.8 Å². The van der Waals surface area contributed by atoms with Crippen molar-refractivity contribution in [1.82, 2.24) is 5.32 Å². The van der Waals surface area contributed by atoms with E-state index in [2.05, 4.69) is 59.9 Å². The van der Waals surface area contributed by atoms with Gasteiger partial charge in [0.25, 0.3) is 5.91 Å². The van der Waals surface area contributed by atoms with Gasteiger partial charge in [0.2, 0.25) is 0 Å². The molecule has 0 saturated carbocycles. The number of nitrogens with one attached hydrogen (secondary N) is 3. The van der Waals surface area contributed by atoms with Crippen LogP contribution in [0.2, 0.25) is 0 Å². The third-order valence-corrected chi connectivity index (χ3v) is 5.18. The summed E-state index contributed by atoms with van der Waals surface area (Å²) in [4.78, 5) is 15.2. The van der Waals surface area contributed by atoms with Gasteiger partial charge in [0, 0.05) is 12.1 Å². The van der Waals surface area contributed by atoms with Crippen molar-refractivity contribution in [3.63, 3.8) is 0 Å². The number of hydrogen-bond donors (Lipinski definition) is 3. The van der Waals surface area contributed by atoms with Crippen molar-refractivity contribution in [2.24, 2.45) is 0 Å². The number of carbonyl (C=O) groups excluding carboxylic acids is 1. The van der Waals surface area contributed by atoms with Crippen LogP contribution >= 0.6 is 0 Å². The topological polar surface area (TPSA) is 38.0 Å². The van der Waals surface area contributed by atoms with E-state index in [0.29, 0.717) is 6.54 Å². The van der Waals surface area contributed by atoms with E-state index in [9.17, 15) is 4.79 Å². The minimum atomic E-state index is 0.194. The van der Waals surface area contributed by atoms with Crippen LogP contribution in [0.4, 0.5) is 0 Å². The Hall–Kier alpha value is -2.17. The fraction of sp³-hybridized carbons (Fsp3) is 0.409. The first-order valence-corrected chi connectivity index (χ1v) is 9.81. The number of aryl methyl sites for hydroxylation is 1. The Morgan fingerprint density at radius 3 is 2.04 bits per heavy atom. The van der Waals surface area contributed by atoms with Crippen LogP contribution < -0.4 is 15.1 Å². The number of hydrogen-bond acceptors (Lipinski definition) is 1. The molecule has 0 radical (unpaired) electrons. The summed E-state index contributed by atoms with van der Waals surface area (Å²) in [5, 5.41) is 3.08. The number of amides is 1. The number of carbonyl (C=O) groups is 1. The van der Waals surface area contributed by atoms with Gasteiger partial charge in [-0.2, -0.15) is 0 Å². The summed E-state index contributed by atoms with van der Waals surface area (Å²) in [7, 11) is 0. The van der Waals surface area contributed by atoms with Gasteiger partial charge in [0.1, 0.15) is 32.7 Å². The summed E-state index contributed by atoms with van der Waals surface area (Å²) in [6.45, 7) is 6.94. The molecule has 0 aromatic heterocycles. The molecule has 0 bridgehead atoms. The lowest BCUT2D eigenvalue weighted by Crippen LogP contribution is -3.28. The van der Waals surface area contributed by atoms with Crippen LogP contribution in [-0.4, -0.2) is 45.2 Å². The van der Waals surface area contributed by atoms with E-state index < -0.39 is 0 Å². The quantitative estimate of drug-likeness (QED) is 0.561. The van der Waals surface area contributed by atoms with E-state index in [1.807, 2.05) is 6.07 Å². The van der Waals surface area contributed by atoms with Crippen LogP contribution in [0.1, 0.15) is 17.5 Å². The number of rotatable bonds is 8. The zero-order chi connectivity index (χ0) is 18.0. The third kappa shape index (κ3) is 6.28. The minimum Gasteiger partial charge on any atom is -0.351 e. The largest absolute Gasteiger partial charge is 0.351 e. The van der Waals surface area contributed by atoms with Crippen LogP contribution in [0.5, 0.6) is 0 Å². The molecule has 4 nitrogen and oxygen atoms in total. The molecule has 3 N–H and O–H groups in total. The number of benzene rings is 2. The highest BCUT2D eigenvalue weighted by atomic mass is 16.2. The predicted molar refractivity (Wildman–Crippen MR) is 104 cm³/mol. The van der Waals surface area contributed by atoms with Gasteiger partial charge >= 0.3 is 0 Å². The molecule has 0 aliphatic carbocycles. The summed E-state index contributed by atoms with van der Waals surface area (Å²) in [5.41, 5.74) is 2.74. The molecular formula is C22H31N3O+2. The van der Waals surface area contributed by atoms with E-state index >= 15 is 0 Å². The molecule has 3 rings (SSSR count). The summed E-state index contributed by atoms with van der Waals surface area (Å²) < 4.78 is 0. The highest BCUT2D eigenvalue weighted by Gasteiger charge is 2.24. The maximum absolute atomic E-state index is 12.2. The maximum atomic E-state index is 12.2. The Balaban J connectivity index is 1.28. The fourth-order valence-corrected chi connectivity index (χ4v) is 3.65. The van der Waals surface area contributed by atoms with Crippen LogP contribution in [0.3, 0.4) is 0 Å². The first kappa shape index (κ1) is 18.6. The monoisotopic (exact) mass is 353 g/mol. The molecule has 1 fully saturated rings. The third-order valence-electron chi connectivity index (χ3n) is 5.18. The average Bonchev–Trinajstić information content (AvgIpc) is 2.68. The molecule has 1 amide bonds. The Morgan fingerprint density at radius 2 is 1.38 bits per heavy atom. The number of piperazine rings is 1. The summed E-state index contributed by atoms with van der Waals surface area (Å²) >= 11 is 0. The van der Waals surface area contributed by atoms with Crippen molar-refractivity contribution >= 4 is 5.91 Å². The molecule has 26 heavy (non-hydrogen) atoms. The van der Waals surface area contributed by atoms with Crippen molar-refractivity contribution < 1.29 is 14.6 Å². The minimum absolute atomic E-state index is 0.194. The molecule has 1 aliphatic rings. The van der Waals surface area contributed by atoms with Gasteiger partial charge in [-0.25, -0.2) is 0 Å². The molecule has 0 unspecified atom stereocenters. The van der Waals surface area contributed by atoms with Crippen molar-refractivity contribution in [3.05, 3.63) is 71.8 Å². The lowest BCUT2D eigenvalue weighted by atomic mass is 10.1. The highest BCUT2D eigenvalue weighted by Crippen LogP contribution is 2.01. The molecule has 0 atom stereocenters. The van der Waals surface area contributed by atoms with E-state index in [4.69, 9.17) is 0 Å². The molecule has 1 saturated heterocycles. The summed E-state index contributed by atoms with van der Waals surface area (Å²) in [6, 6.07) is 21.1. The smallest absolute Gasteiger partial charge is 0.275 e. The second kappa shape index (κ2) is 10.1. The van der Waals surface area contributed by atoms with Gasteiger partial charge in [-0.05, 0) is 18.4 Å². The normalized spacial score (nSPS) is 19.8. The average molecular weight is 354 g/mol. The van der Waals surface area contributed by atoms with Gasteiger partial charge < -0.3 is 15.1 Å². The molecule has 2 aromatic rings. The van der Waals surface area contributed by atoms with Gasteiger partial charge in [0.15, 0.2) is 6.54 Å². The molecule has 138 valence electrons. The Labute approximate surface area is 156 Å². The standard InChI is InChI=1S/C22H29N3O/c26-22(23-13-7-12-20-8-3-1-4-9-20)19-25-16-14-24(15-17-25)18-21-10-5-2-6-11-21/h1-6,8-11H,7,12-19H2,(H,23,26)/p+2. The molecule has 4 heteroatoms. The first-order valence-electron chi connectivity index (χ1n) is 9.81. The molecule has 0 spiro atoms. The van der Waals surface area contributed by atoms with E-state index in [0.717, 1.165) is 52.1 Å². The number of quaternary nitrogens is 2. The van der Waals surface area contributed by atoms with Crippen molar-refractivity contribution in [2.45, 2.75) is 19.4 Å². The maximum Gasteiger partial charge on any atom is 0.275 e. The van der Waals surface area contributed by atoms with Crippen LogP contribution in [0, 0.1) is 0 Å². The molecular weight excluding hydrogens is 322 g/mol. The Kier molecular flexibility index (Phi) is 7.23. The van der Waals surface area contributed by atoms with Gasteiger partial charge in [-0.3, -0.25) is 4.79 Å². The summed E-state index contributed by atoms with van der Waals surface area (Å²) in [5.74, 6) is 0.194. The van der Waals surface area contributed by atoms with E-state index in [1.165, 1.54) is 16.0 Å². The van der Waals surface area contributed by atoms with Gasteiger partial charge in [-0.1, -0.05) is 60.7 Å². The van der Waals surface area contributed by atoms with Crippen LogP contribution in [0.25, 0.3) is 0 Å². The van der Waals surface area contributed by atoms with Crippen molar-refractivity contribution in [2.75, 3.05) is 39.3 Å². The van der Waals surface area contributed by atoms with E-state index in [-0.39, 0.29) is 5.91 Å². The zero-order valence-corrected chi connectivity index (χ0v) is 15.5. The summed E-state index contributed by atoms with van der Waals surface area (Å²) in [6.07, 6.45) is 2.02. The highest BCUT2D eigenvalue weighted by molar-refractivity contribution is 5.76. The molecule has 2 aromatic carbocycles. The fourth-order valence-electron chi connectivity index (χ4n) is 3.65. The van der Waals surface area contributed by atoms with Crippen LogP contribution in [0.15, 0.2) is 60.7 Å². The zero-order valence-electron chi connectivity index (χ0n) is 15.5. The van der Waals surface area contributed by atoms with Crippen molar-refractivity contribution in [3.8, 4) is 0 Å². The second-order valence-corrected chi connectivity index (χ2v) is 7.28. The Bertz CT molecular complexity index is 652. The lowest BCUT2D eigenvalue weighted by molar-refractivity contribution is -1.02. The molecule has 1 aliphatic heterocycles. The van der Waals surface area contributed by atoms with Gasteiger partial charge in [0.05, 0.1) is 0 Å². The predicted octanol–water partition coefficient (Wildman–Crippen LogP) is -0.281.